The highest BCUT2D eigenvalue weighted by Crippen LogP contribution is 2.44. The molecular weight excluding hydrogens is 332 g/mol. The third kappa shape index (κ3) is 3.78. The Labute approximate surface area is 155 Å². The lowest BCUT2D eigenvalue weighted by atomic mass is 9.79. The third-order valence-corrected chi connectivity index (χ3v) is 6.37. The third-order valence-electron chi connectivity index (χ3n) is 6.37. The molecular formula is C19H30N4O3. The quantitative estimate of drug-likeness (QED) is 0.708. The van der Waals surface area contributed by atoms with Crippen molar-refractivity contribution < 1.29 is 14.3 Å². The van der Waals surface area contributed by atoms with Gasteiger partial charge in [-0.25, -0.2) is 4.98 Å². The van der Waals surface area contributed by atoms with Crippen LogP contribution in [0.1, 0.15) is 51.4 Å². The van der Waals surface area contributed by atoms with Gasteiger partial charge in [0.25, 0.3) is 0 Å². The van der Waals surface area contributed by atoms with Crippen molar-refractivity contribution in [1.82, 2.24) is 19.7 Å². The van der Waals surface area contributed by atoms with Gasteiger partial charge in [0.1, 0.15) is 12.7 Å². The summed E-state index contributed by atoms with van der Waals surface area (Å²) in [6.07, 6.45) is 11.3. The second kappa shape index (κ2) is 7.64. The summed E-state index contributed by atoms with van der Waals surface area (Å²) in [5.41, 5.74) is -0.166. The number of hydrogen-bond donors (Lipinski definition) is 0. The van der Waals surface area contributed by atoms with Crippen molar-refractivity contribution in [2.24, 2.45) is 5.92 Å². The first-order valence-corrected chi connectivity index (χ1v) is 9.99. The van der Waals surface area contributed by atoms with E-state index >= 15 is 0 Å². The number of ether oxygens (including phenoxy) is 2. The van der Waals surface area contributed by atoms with Crippen LogP contribution in [0.15, 0.2) is 12.7 Å². The summed E-state index contributed by atoms with van der Waals surface area (Å²) < 4.78 is 13.9. The van der Waals surface area contributed by atoms with Gasteiger partial charge in [0.05, 0.1) is 17.7 Å². The fourth-order valence-electron chi connectivity index (χ4n) is 4.55. The van der Waals surface area contributed by atoms with Gasteiger partial charge in [-0.1, -0.05) is 0 Å². The smallest absolute Gasteiger partial charge is 0.222 e. The summed E-state index contributed by atoms with van der Waals surface area (Å²) in [7, 11) is 1.80. The molecule has 2 heterocycles. The lowest BCUT2D eigenvalue weighted by molar-refractivity contribution is -0.142. The summed E-state index contributed by atoms with van der Waals surface area (Å²) in [6.45, 7) is 2.42. The van der Waals surface area contributed by atoms with Gasteiger partial charge in [0.15, 0.2) is 0 Å². The highest BCUT2D eigenvalue weighted by Gasteiger charge is 2.52. The maximum atomic E-state index is 12.9. The molecule has 3 atom stereocenters. The summed E-state index contributed by atoms with van der Waals surface area (Å²) >= 11 is 0. The Hall–Kier alpha value is -1.47. The van der Waals surface area contributed by atoms with Crippen molar-refractivity contribution in [2.45, 2.75) is 75.7 Å². The standard InChI is InChI=1S/C19H30N4O3/c1-25-19-7-6-16(26-12-15-4-5-15)11-17(19)23(10-8-19)18(24)3-2-9-22-14-20-13-21-22/h13-17H,2-12H2,1H3/t16?,17?,19-/m1/s1. The van der Waals surface area contributed by atoms with Crippen molar-refractivity contribution in [1.29, 1.82) is 0 Å². The minimum Gasteiger partial charge on any atom is -0.378 e. The number of methoxy groups -OCH3 is 1. The second-order valence-electron chi connectivity index (χ2n) is 8.06. The maximum Gasteiger partial charge on any atom is 0.222 e. The molecule has 26 heavy (non-hydrogen) atoms. The molecule has 144 valence electrons. The Kier molecular flexibility index (Phi) is 5.27. The van der Waals surface area contributed by atoms with Crippen LogP contribution in [-0.4, -0.2) is 63.6 Å². The molecule has 1 aromatic rings. The van der Waals surface area contributed by atoms with E-state index in [-0.39, 0.29) is 23.7 Å². The van der Waals surface area contributed by atoms with Crippen LogP contribution < -0.4 is 0 Å². The lowest BCUT2D eigenvalue weighted by Crippen LogP contribution is -2.53. The van der Waals surface area contributed by atoms with Gasteiger partial charge in [0, 0.05) is 33.2 Å². The van der Waals surface area contributed by atoms with Crippen LogP contribution in [-0.2, 0) is 20.8 Å². The fraction of sp³-hybridized carbons (Fsp3) is 0.842. The van der Waals surface area contributed by atoms with Gasteiger partial charge in [-0.2, -0.15) is 5.10 Å². The minimum absolute atomic E-state index is 0.157. The number of aromatic nitrogens is 3. The van der Waals surface area contributed by atoms with Crippen LogP contribution in [0.2, 0.25) is 0 Å². The van der Waals surface area contributed by atoms with E-state index in [1.54, 1.807) is 18.1 Å². The number of rotatable bonds is 8. The van der Waals surface area contributed by atoms with E-state index in [2.05, 4.69) is 15.0 Å². The van der Waals surface area contributed by atoms with Gasteiger partial charge >= 0.3 is 0 Å². The zero-order valence-corrected chi connectivity index (χ0v) is 15.7. The molecule has 2 aliphatic carbocycles. The van der Waals surface area contributed by atoms with E-state index in [0.717, 1.165) is 57.7 Å². The number of carbonyl (C=O) groups excluding carboxylic acids is 1. The van der Waals surface area contributed by atoms with Crippen molar-refractivity contribution >= 4 is 5.91 Å². The molecule has 0 radical (unpaired) electrons. The molecule has 0 aromatic carbocycles. The minimum atomic E-state index is -0.166. The fourth-order valence-corrected chi connectivity index (χ4v) is 4.55. The largest absolute Gasteiger partial charge is 0.378 e. The molecule has 1 aliphatic heterocycles. The van der Waals surface area contributed by atoms with Crippen LogP contribution >= 0.6 is 0 Å². The van der Waals surface area contributed by atoms with E-state index in [4.69, 9.17) is 9.47 Å². The number of hydrogen-bond acceptors (Lipinski definition) is 5. The highest BCUT2D eigenvalue weighted by molar-refractivity contribution is 5.77. The first kappa shape index (κ1) is 17.9. The molecule has 0 N–H and O–H groups in total. The van der Waals surface area contributed by atoms with E-state index in [1.165, 1.54) is 19.2 Å². The van der Waals surface area contributed by atoms with E-state index in [9.17, 15) is 4.79 Å². The molecule has 3 fully saturated rings. The monoisotopic (exact) mass is 362 g/mol. The van der Waals surface area contributed by atoms with Crippen LogP contribution in [0.5, 0.6) is 0 Å². The Morgan fingerprint density at radius 2 is 2.19 bits per heavy atom. The van der Waals surface area contributed by atoms with E-state index in [0.29, 0.717) is 6.42 Å². The molecule has 4 rings (SSSR count). The Balaban J connectivity index is 1.33. The molecule has 2 unspecified atom stereocenters. The predicted octanol–water partition coefficient (Wildman–Crippen LogP) is 2.02. The summed E-state index contributed by atoms with van der Waals surface area (Å²) in [6, 6.07) is 0.157. The number of amides is 1. The Bertz CT molecular complexity index is 604. The zero-order valence-electron chi connectivity index (χ0n) is 15.7. The number of fused-ring (bicyclic) bond motifs is 1. The maximum absolute atomic E-state index is 12.9. The summed E-state index contributed by atoms with van der Waals surface area (Å²) in [4.78, 5) is 18.9. The average molecular weight is 362 g/mol. The van der Waals surface area contributed by atoms with Gasteiger partial charge in [-0.3, -0.25) is 9.48 Å². The number of likely N-dealkylation sites (tertiary alicyclic amines) is 1. The number of nitrogens with zero attached hydrogens (tertiary/aromatic N) is 4. The van der Waals surface area contributed by atoms with Crippen molar-refractivity contribution in [3.63, 3.8) is 0 Å². The molecule has 1 amide bonds. The Morgan fingerprint density at radius 1 is 1.31 bits per heavy atom. The first-order valence-electron chi connectivity index (χ1n) is 9.99. The molecule has 3 aliphatic rings. The molecule has 0 bridgehead atoms. The average Bonchev–Trinajstić information content (AvgIpc) is 3.19. The molecule has 2 saturated carbocycles. The van der Waals surface area contributed by atoms with Gasteiger partial charge in [-0.15, -0.1) is 0 Å². The summed E-state index contributed by atoms with van der Waals surface area (Å²) in [5, 5.41) is 4.09. The highest BCUT2D eigenvalue weighted by atomic mass is 16.5. The topological polar surface area (TPSA) is 69.5 Å². The van der Waals surface area contributed by atoms with Crippen LogP contribution in [0.25, 0.3) is 0 Å². The van der Waals surface area contributed by atoms with E-state index < -0.39 is 0 Å². The SMILES string of the molecule is CO[C@@]12CCC(OCC3CC3)CC1N(C(=O)CCCn1cncn1)CC2. The number of carbonyl (C=O) groups is 1. The zero-order chi connectivity index (χ0) is 18.0. The van der Waals surface area contributed by atoms with Gasteiger partial charge < -0.3 is 14.4 Å². The Morgan fingerprint density at radius 3 is 2.92 bits per heavy atom. The van der Waals surface area contributed by atoms with Crippen molar-refractivity contribution in [3.05, 3.63) is 12.7 Å². The molecule has 1 aromatic heterocycles. The number of aryl methyl sites for hydroxylation is 1. The second-order valence-corrected chi connectivity index (χ2v) is 8.06. The summed E-state index contributed by atoms with van der Waals surface area (Å²) in [5.74, 6) is 1.01. The van der Waals surface area contributed by atoms with Crippen LogP contribution in [0.3, 0.4) is 0 Å². The normalized spacial score (nSPS) is 31.2. The molecule has 7 nitrogen and oxygen atoms in total. The van der Waals surface area contributed by atoms with Crippen LogP contribution in [0, 0.1) is 5.92 Å². The molecule has 1 saturated heterocycles. The van der Waals surface area contributed by atoms with Gasteiger partial charge in [-0.05, 0) is 50.9 Å². The van der Waals surface area contributed by atoms with Crippen molar-refractivity contribution in [3.8, 4) is 0 Å². The van der Waals surface area contributed by atoms with Gasteiger partial charge in [0.2, 0.25) is 5.91 Å². The van der Waals surface area contributed by atoms with Crippen LogP contribution in [0.4, 0.5) is 0 Å². The molecule has 0 spiro atoms. The first-order chi connectivity index (χ1) is 12.7. The predicted molar refractivity (Wildman–Crippen MR) is 95.4 cm³/mol. The van der Waals surface area contributed by atoms with Crippen molar-refractivity contribution in [2.75, 3.05) is 20.3 Å². The molecule has 7 heteroatoms. The lowest BCUT2D eigenvalue weighted by Gasteiger charge is -2.43. The van der Waals surface area contributed by atoms with E-state index in [1.807, 2.05) is 0 Å².